The van der Waals surface area contributed by atoms with Crippen molar-refractivity contribution in [3.05, 3.63) is 0 Å². The molecule has 32 heavy (non-hydrogen) atoms. The molecule has 4 saturated carbocycles. The topological polar surface area (TPSA) is 103 Å². The van der Waals surface area contributed by atoms with Crippen LogP contribution in [-0.4, -0.2) is 48.8 Å². The van der Waals surface area contributed by atoms with Crippen molar-refractivity contribution in [1.29, 1.82) is 0 Å². The highest BCUT2D eigenvalue weighted by Crippen LogP contribution is 2.69. The molecule has 0 radical (unpaired) electrons. The molecule has 0 spiro atoms. The van der Waals surface area contributed by atoms with Crippen LogP contribution in [-0.2, 0) is 9.57 Å². The van der Waals surface area contributed by atoms with E-state index in [1.54, 1.807) is 0 Å². The summed E-state index contributed by atoms with van der Waals surface area (Å²) in [5, 5.41) is 16.7. The highest BCUT2D eigenvalue weighted by atomic mass is 16.6. The van der Waals surface area contributed by atoms with Gasteiger partial charge in [-0.1, -0.05) is 19.0 Å². The van der Waals surface area contributed by atoms with E-state index in [1.165, 1.54) is 25.7 Å². The zero-order valence-electron chi connectivity index (χ0n) is 20.7. The van der Waals surface area contributed by atoms with Crippen LogP contribution in [0.5, 0.6) is 0 Å². The van der Waals surface area contributed by atoms with E-state index < -0.39 is 5.60 Å². The lowest BCUT2D eigenvalue weighted by Gasteiger charge is -2.63. The first kappa shape index (κ1) is 24.4. The minimum atomic E-state index is -0.590. The Hall–Kier alpha value is -0.690. The Balaban J connectivity index is 1.49. The number of nitrogens with two attached hydrogens (primary N) is 2. The van der Waals surface area contributed by atoms with Gasteiger partial charge in [0, 0.05) is 24.5 Å². The van der Waals surface area contributed by atoms with Crippen molar-refractivity contribution < 1.29 is 14.7 Å². The van der Waals surface area contributed by atoms with Crippen molar-refractivity contribution in [2.75, 3.05) is 26.3 Å². The maximum Gasteiger partial charge on any atom is 0.129 e. The summed E-state index contributed by atoms with van der Waals surface area (Å²) in [6.45, 7) is 9.38. The Bertz CT molecular complexity index is 687. The zero-order chi connectivity index (χ0) is 23.0. The second kappa shape index (κ2) is 9.52. The van der Waals surface area contributed by atoms with Crippen molar-refractivity contribution in [3.8, 4) is 0 Å². The molecule has 8 atom stereocenters. The van der Waals surface area contributed by atoms with Gasteiger partial charge >= 0.3 is 0 Å². The molecule has 4 aliphatic rings. The van der Waals surface area contributed by atoms with Crippen LogP contribution in [0.25, 0.3) is 0 Å². The predicted octanol–water partition coefficient (Wildman–Crippen LogP) is 3.85. The number of oxime groups is 1. The maximum atomic E-state index is 12.3. The fraction of sp³-hybridized carbons (Fsp3) is 0.962. The lowest BCUT2D eigenvalue weighted by Crippen LogP contribution is -2.62. The number of hydrogen-bond donors (Lipinski definition) is 3. The molecular weight excluding hydrogens is 402 g/mol. The van der Waals surface area contributed by atoms with Gasteiger partial charge in [0.1, 0.15) is 6.61 Å². The molecule has 5 N–H and O–H groups in total. The fourth-order valence-electron chi connectivity index (χ4n) is 8.60. The van der Waals surface area contributed by atoms with Gasteiger partial charge in [-0.3, -0.25) is 0 Å². The van der Waals surface area contributed by atoms with Crippen molar-refractivity contribution in [2.24, 2.45) is 51.1 Å². The van der Waals surface area contributed by atoms with Gasteiger partial charge < -0.3 is 26.1 Å². The number of nitrogens with zero attached hydrogens (tertiary/aromatic N) is 1. The average Bonchev–Trinajstić information content (AvgIpc) is 3.05. The Kier molecular flexibility index (Phi) is 7.27. The van der Waals surface area contributed by atoms with Gasteiger partial charge in [-0.05, 0) is 101 Å². The molecule has 0 saturated heterocycles. The van der Waals surface area contributed by atoms with Crippen molar-refractivity contribution in [2.45, 2.75) is 96.7 Å². The number of aliphatic hydroxyl groups is 1. The predicted molar refractivity (Wildman–Crippen MR) is 128 cm³/mol. The van der Waals surface area contributed by atoms with Crippen LogP contribution in [0.15, 0.2) is 5.16 Å². The van der Waals surface area contributed by atoms with E-state index in [0.717, 1.165) is 56.8 Å². The summed E-state index contributed by atoms with van der Waals surface area (Å²) in [5.41, 5.74) is 11.9. The van der Waals surface area contributed by atoms with Gasteiger partial charge in [-0.2, -0.15) is 0 Å². The molecule has 0 aromatic rings. The van der Waals surface area contributed by atoms with E-state index in [9.17, 15) is 5.11 Å². The standard InChI is InChI=1S/C26H47N3O3/c1-18(29-32-16-14-28)21-9-12-26(30)23-6-5-19-17-20(31-15-4-13-27)7-10-24(19,2)22(23)8-11-25(21,26)3/h19-23,30H,4-17,27-28H2,1-3H3/b29-18+/t19?,20-,21+,22-,23+,24-,25+,26-/m0/s1. The summed E-state index contributed by atoms with van der Waals surface area (Å²) < 4.78 is 6.18. The molecule has 0 aromatic heterocycles. The minimum absolute atomic E-state index is 0.112. The molecule has 4 rings (SSSR count). The van der Waals surface area contributed by atoms with Crippen molar-refractivity contribution in [1.82, 2.24) is 0 Å². The fourth-order valence-corrected chi connectivity index (χ4v) is 8.60. The van der Waals surface area contributed by atoms with Gasteiger partial charge in [0.05, 0.1) is 17.4 Å². The third-order valence-electron chi connectivity index (χ3n) is 10.4. The number of hydrogen-bond acceptors (Lipinski definition) is 6. The Labute approximate surface area is 194 Å². The van der Waals surface area contributed by atoms with Gasteiger partial charge in [0.25, 0.3) is 0 Å². The lowest BCUT2D eigenvalue weighted by molar-refractivity contribution is -0.208. The second-order valence-electron chi connectivity index (χ2n) is 11.7. The molecule has 1 unspecified atom stereocenters. The van der Waals surface area contributed by atoms with E-state index in [0.29, 0.717) is 49.0 Å². The quantitative estimate of drug-likeness (QED) is 0.297. The van der Waals surface area contributed by atoms with Gasteiger partial charge in [-0.15, -0.1) is 0 Å². The molecule has 184 valence electrons. The van der Waals surface area contributed by atoms with Crippen LogP contribution in [0.3, 0.4) is 0 Å². The first-order valence-electron chi connectivity index (χ1n) is 13.2. The van der Waals surface area contributed by atoms with Gasteiger partial charge in [0.15, 0.2) is 0 Å². The normalized spacial score (nSPS) is 46.3. The van der Waals surface area contributed by atoms with Crippen molar-refractivity contribution >= 4 is 5.71 Å². The highest BCUT2D eigenvalue weighted by Gasteiger charge is 2.67. The highest BCUT2D eigenvalue weighted by molar-refractivity contribution is 5.85. The molecule has 0 bridgehead atoms. The molecule has 0 heterocycles. The first-order chi connectivity index (χ1) is 15.3. The van der Waals surface area contributed by atoms with E-state index in [1.807, 2.05) is 0 Å². The van der Waals surface area contributed by atoms with Crippen molar-refractivity contribution in [3.63, 3.8) is 0 Å². The summed E-state index contributed by atoms with van der Waals surface area (Å²) in [5.74, 6) is 2.04. The Morgan fingerprint density at radius 2 is 1.78 bits per heavy atom. The Morgan fingerprint density at radius 1 is 0.969 bits per heavy atom. The third-order valence-corrected chi connectivity index (χ3v) is 10.4. The van der Waals surface area contributed by atoms with Crippen LogP contribution < -0.4 is 11.5 Å². The third kappa shape index (κ3) is 3.93. The maximum absolute atomic E-state index is 12.3. The van der Waals surface area contributed by atoms with Gasteiger partial charge in [-0.25, -0.2) is 0 Å². The van der Waals surface area contributed by atoms with E-state index in [4.69, 9.17) is 21.0 Å². The number of fused-ring (bicyclic) bond motifs is 5. The monoisotopic (exact) mass is 449 g/mol. The minimum Gasteiger partial charge on any atom is -0.395 e. The summed E-state index contributed by atoms with van der Waals surface area (Å²) in [6, 6.07) is 0. The molecule has 6 heteroatoms. The number of rotatable bonds is 8. The smallest absolute Gasteiger partial charge is 0.129 e. The lowest BCUT2D eigenvalue weighted by atomic mass is 9.43. The van der Waals surface area contributed by atoms with E-state index >= 15 is 0 Å². The largest absolute Gasteiger partial charge is 0.395 e. The average molecular weight is 450 g/mol. The van der Waals surface area contributed by atoms with Gasteiger partial charge in [0.2, 0.25) is 0 Å². The molecule has 0 aromatic carbocycles. The van der Waals surface area contributed by atoms with E-state index in [2.05, 4.69) is 25.9 Å². The molecule has 4 aliphatic carbocycles. The van der Waals surface area contributed by atoms with Crippen LogP contribution in [0, 0.1) is 34.5 Å². The molecule has 0 amide bonds. The van der Waals surface area contributed by atoms with Crippen LogP contribution >= 0.6 is 0 Å². The molecule has 6 nitrogen and oxygen atoms in total. The molecule has 4 fully saturated rings. The Morgan fingerprint density at radius 3 is 2.53 bits per heavy atom. The molecular formula is C26H47N3O3. The molecule has 0 aliphatic heterocycles. The zero-order valence-corrected chi connectivity index (χ0v) is 20.7. The van der Waals surface area contributed by atoms with E-state index in [-0.39, 0.29) is 5.41 Å². The summed E-state index contributed by atoms with van der Waals surface area (Å²) in [7, 11) is 0. The second-order valence-corrected chi connectivity index (χ2v) is 11.7. The van der Waals surface area contributed by atoms with Crippen LogP contribution in [0.1, 0.15) is 85.0 Å². The SMILES string of the molecule is C/C(=N\OCCN)[C@H]1CC[C@]2(O)[C@@H]3CCC4C[C@@H](OCCCN)CC[C@]4(C)[C@H]3CC[C@]12C. The first-order valence-corrected chi connectivity index (χ1v) is 13.2. The number of ether oxygens (including phenoxy) is 1. The van der Waals surface area contributed by atoms with Crippen LogP contribution in [0.4, 0.5) is 0 Å². The summed E-state index contributed by atoms with van der Waals surface area (Å²) in [4.78, 5) is 5.42. The van der Waals surface area contributed by atoms with Crippen LogP contribution in [0.2, 0.25) is 0 Å². The summed E-state index contributed by atoms with van der Waals surface area (Å²) >= 11 is 0. The summed E-state index contributed by atoms with van der Waals surface area (Å²) in [6.07, 6.45) is 11.5.